The maximum atomic E-state index is 5.37. The normalized spacial score (nSPS) is 10.9. The Morgan fingerprint density at radius 1 is 0.958 bits per heavy atom. The van der Waals surface area contributed by atoms with Crippen molar-refractivity contribution in [2.75, 3.05) is 27.4 Å². The van der Waals surface area contributed by atoms with Gasteiger partial charge in [0.2, 0.25) is 0 Å². The van der Waals surface area contributed by atoms with Gasteiger partial charge in [0, 0.05) is 19.6 Å². The Bertz CT molecular complexity index is 449. The molecule has 0 aliphatic carbocycles. The van der Waals surface area contributed by atoms with Crippen LogP contribution in [-0.2, 0) is 9.47 Å². The maximum Gasteiger partial charge on any atom is 0.161 e. The Kier molecular flexibility index (Phi) is 13.0. The summed E-state index contributed by atoms with van der Waals surface area (Å²) in [7, 11) is 3.27. The van der Waals surface area contributed by atoms with Gasteiger partial charge < -0.3 is 18.9 Å². The number of methoxy groups -OCH3 is 2. The molecule has 0 saturated carbocycles. The van der Waals surface area contributed by atoms with Gasteiger partial charge in [0.15, 0.2) is 17.8 Å². The Morgan fingerprint density at radius 3 is 1.96 bits per heavy atom. The first-order valence-corrected chi connectivity index (χ1v) is 8.60. The molecular weight excluding hydrogens is 304 g/mol. The summed E-state index contributed by atoms with van der Waals surface area (Å²) in [6.45, 7) is 11.8. The summed E-state index contributed by atoms with van der Waals surface area (Å²) in [5.41, 5.74) is 1.11. The van der Waals surface area contributed by atoms with Crippen molar-refractivity contribution in [2.45, 2.75) is 47.3 Å². The summed E-state index contributed by atoms with van der Waals surface area (Å²) in [5, 5.41) is 0. The number of benzene rings is 1. The zero-order valence-electron chi connectivity index (χ0n) is 16.3. The van der Waals surface area contributed by atoms with Crippen molar-refractivity contribution in [1.29, 1.82) is 0 Å². The SMILES string of the molecule is C/C=C/c1ccc(OC)c(OC)c1.CCOC(CC(C)C)OCC. The molecule has 4 nitrogen and oxygen atoms in total. The molecule has 0 unspecified atom stereocenters. The van der Waals surface area contributed by atoms with Crippen LogP contribution in [0.2, 0.25) is 0 Å². The summed E-state index contributed by atoms with van der Waals surface area (Å²) in [6, 6.07) is 5.83. The summed E-state index contributed by atoms with van der Waals surface area (Å²) in [4.78, 5) is 0. The summed E-state index contributed by atoms with van der Waals surface area (Å²) in [6.07, 6.45) is 5.00. The first kappa shape index (κ1) is 22.5. The average molecular weight is 338 g/mol. The van der Waals surface area contributed by atoms with Gasteiger partial charge in [0.1, 0.15) is 0 Å². The van der Waals surface area contributed by atoms with E-state index in [0.717, 1.165) is 36.7 Å². The van der Waals surface area contributed by atoms with Crippen LogP contribution >= 0.6 is 0 Å². The molecule has 0 radical (unpaired) electrons. The minimum absolute atomic E-state index is 0.00463. The van der Waals surface area contributed by atoms with Gasteiger partial charge in [0.05, 0.1) is 14.2 Å². The van der Waals surface area contributed by atoms with Gasteiger partial charge >= 0.3 is 0 Å². The van der Waals surface area contributed by atoms with Crippen LogP contribution < -0.4 is 9.47 Å². The highest BCUT2D eigenvalue weighted by atomic mass is 16.7. The monoisotopic (exact) mass is 338 g/mol. The second-order valence-corrected chi connectivity index (χ2v) is 5.58. The molecule has 0 atom stereocenters. The van der Waals surface area contributed by atoms with Crippen molar-refractivity contribution in [3.63, 3.8) is 0 Å². The van der Waals surface area contributed by atoms with E-state index in [4.69, 9.17) is 18.9 Å². The molecule has 0 heterocycles. The lowest BCUT2D eigenvalue weighted by atomic mass is 10.1. The summed E-state index contributed by atoms with van der Waals surface area (Å²) < 4.78 is 21.0. The minimum atomic E-state index is 0.00463. The maximum absolute atomic E-state index is 5.37. The highest BCUT2D eigenvalue weighted by Crippen LogP contribution is 2.27. The lowest BCUT2D eigenvalue weighted by Gasteiger charge is -2.18. The highest BCUT2D eigenvalue weighted by Gasteiger charge is 2.09. The fourth-order valence-electron chi connectivity index (χ4n) is 2.09. The van der Waals surface area contributed by atoms with Crippen LogP contribution in [0.4, 0.5) is 0 Å². The van der Waals surface area contributed by atoms with Crippen LogP contribution in [-0.4, -0.2) is 33.7 Å². The van der Waals surface area contributed by atoms with Crippen molar-refractivity contribution in [2.24, 2.45) is 5.92 Å². The van der Waals surface area contributed by atoms with Crippen LogP contribution in [0.3, 0.4) is 0 Å². The molecule has 0 aliphatic rings. The van der Waals surface area contributed by atoms with Gasteiger partial charge in [-0.3, -0.25) is 0 Å². The predicted octanol–water partition coefficient (Wildman–Crippen LogP) is 5.17. The van der Waals surface area contributed by atoms with E-state index >= 15 is 0 Å². The molecule has 0 aromatic heterocycles. The third kappa shape index (κ3) is 9.58. The van der Waals surface area contributed by atoms with Gasteiger partial charge in [-0.1, -0.05) is 32.1 Å². The average Bonchev–Trinajstić information content (AvgIpc) is 2.55. The molecule has 0 fully saturated rings. The zero-order chi connectivity index (χ0) is 18.4. The number of hydrogen-bond acceptors (Lipinski definition) is 4. The van der Waals surface area contributed by atoms with E-state index in [-0.39, 0.29) is 6.29 Å². The fraction of sp³-hybridized carbons (Fsp3) is 0.600. The second kappa shape index (κ2) is 13.9. The Hall–Kier alpha value is -1.52. The van der Waals surface area contributed by atoms with Crippen LogP contribution in [0, 0.1) is 5.92 Å². The van der Waals surface area contributed by atoms with E-state index < -0.39 is 0 Å². The van der Waals surface area contributed by atoms with Crippen molar-refractivity contribution in [3.8, 4) is 11.5 Å². The molecule has 1 aromatic carbocycles. The van der Waals surface area contributed by atoms with Crippen molar-refractivity contribution in [3.05, 3.63) is 29.8 Å². The second-order valence-electron chi connectivity index (χ2n) is 5.58. The number of hydrogen-bond donors (Lipinski definition) is 0. The largest absolute Gasteiger partial charge is 0.493 e. The molecule has 0 spiro atoms. The van der Waals surface area contributed by atoms with Crippen molar-refractivity contribution < 1.29 is 18.9 Å². The van der Waals surface area contributed by atoms with Crippen molar-refractivity contribution >= 4 is 6.08 Å². The minimum Gasteiger partial charge on any atom is -0.493 e. The molecule has 1 aromatic rings. The van der Waals surface area contributed by atoms with Crippen LogP contribution in [0.1, 0.15) is 46.6 Å². The number of ether oxygens (including phenoxy) is 4. The first-order chi connectivity index (χ1) is 11.5. The van der Waals surface area contributed by atoms with Gasteiger partial charge in [-0.25, -0.2) is 0 Å². The summed E-state index contributed by atoms with van der Waals surface area (Å²) in [5.74, 6) is 2.16. The quantitative estimate of drug-likeness (QED) is 0.582. The lowest BCUT2D eigenvalue weighted by Crippen LogP contribution is -2.19. The Balaban J connectivity index is 0.000000449. The lowest BCUT2D eigenvalue weighted by molar-refractivity contribution is -0.144. The Morgan fingerprint density at radius 2 is 1.54 bits per heavy atom. The molecule has 0 saturated heterocycles. The molecule has 138 valence electrons. The van der Waals surface area contributed by atoms with Gasteiger partial charge in [-0.05, 0) is 44.4 Å². The molecule has 4 heteroatoms. The zero-order valence-corrected chi connectivity index (χ0v) is 16.3. The topological polar surface area (TPSA) is 36.9 Å². The molecule has 24 heavy (non-hydrogen) atoms. The smallest absolute Gasteiger partial charge is 0.161 e. The number of rotatable bonds is 9. The van der Waals surface area contributed by atoms with E-state index in [1.54, 1.807) is 14.2 Å². The summed E-state index contributed by atoms with van der Waals surface area (Å²) >= 11 is 0. The van der Waals surface area contributed by atoms with Gasteiger partial charge in [-0.2, -0.15) is 0 Å². The third-order valence-corrected chi connectivity index (χ3v) is 3.14. The molecule has 0 bridgehead atoms. The van der Waals surface area contributed by atoms with E-state index in [0.29, 0.717) is 5.92 Å². The van der Waals surface area contributed by atoms with E-state index in [9.17, 15) is 0 Å². The van der Waals surface area contributed by atoms with Crippen LogP contribution in [0.5, 0.6) is 11.5 Å². The van der Waals surface area contributed by atoms with E-state index in [1.165, 1.54) is 0 Å². The molecule has 0 aliphatic heterocycles. The Labute approximate surface area is 147 Å². The van der Waals surface area contributed by atoms with Crippen LogP contribution in [0.25, 0.3) is 6.08 Å². The highest BCUT2D eigenvalue weighted by molar-refractivity contribution is 5.55. The van der Waals surface area contributed by atoms with Gasteiger partial charge in [-0.15, -0.1) is 0 Å². The molecule has 0 N–H and O–H groups in total. The fourth-order valence-corrected chi connectivity index (χ4v) is 2.09. The predicted molar refractivity (Wildman–Crippen MR) is 101 cm³/mol. The van der Waals surface area contributed by atoms with Gasteiger partial charge in [0.25, 0.3) is 0 Å². The standard InChI is InChI=1S/C11H14O2.C9H20O2/c1-4-5-9-6-7-10(12-2)11(8-9)13-3;1-5-10-9(11-6-2)7-8(3)4/h4-8H,1-3H3;8-9H,5-7H2,1-4H3/b5-4+;. The van der Waals surface area contributed by atoms with Crippen LogP contribution in [0.15, 0.2) is 24.3 Å². The van der Waals surface area contributed by atoms with Crippen molar-refractivity contribution in [1.82, 2.24) is 0 Å². The first-order valence-electron chi connectivity index (χ1n) is 8.60. The third-order valence-electron chi connectivity index (χ3n) is 3.14. The van der Waals surface area contributed by atoms with E-state index in [1.807, 2.05) is 51.1 Å². The molecule has 0 amide bonds. The number of allylic oxidation sites excluding steroid dienone is 1. The van der Waals surface area contributed by atoms with E-state index in [2.05, 4.69) is 13.8 Å². The molecule has 1 rings (SSSR count). The molecular formula is C20H34O4.